The van der Waals surface area contributed by atoms with Gasteiger partial charge in [-0.15, -0.1) is 0 Å². The number of likely N-dealkylation sites (tertiary alicyclic amines) is 1. The lowest BCUT2D eigenvalue weighted by Crippen LogP contribution is -2.48. The van der Waals surface area contributed by atoms with E-state index in [-0.39, 0.29) is 29.7 Å². The molecule has 1 saturated heterocycles. The van der Waals surface area contributed by atoms with E-state index in [1.54, 1.807) is 11.0 Å². The van der Waals surface area contributed by atoms with Crippen molar-refractivity contribution in [2.24, 2.45) is 5.92 Å². The van der Waals surface area contributed by atoms with Gasteiger partial charge in [0.25, 0.3) is 5.91 Å². The molecule has 1 N–H and O–H groups in total. The highest BCUT2D eigenvalue weighted by atomic mass is 16.3. The Kier molecular flexibility index (Phi) is 6.74. The Labute approximate surface area is 189 Å². The maximum absolute atomic E-state index is 13.2. The van der Waals surface area contributed by atoms with E-state index in [0.29, 0.717) is 25.1 Å². The summed E-state index contributed by atoms with van der Waals surface area (Å²) < 4.78 is 5.11. The largest absolute Gasteiger partial charge is 0.472 e. The van der Waals surface area contributed by atoms with Gasteiger partial charge < -0.3 is 14.6 Å². The van der Waals surface area contributed by atoms with E-state index in [4.69, 9.17) is 4.42 Å². The number of piperidine rings is 1. The third kappa shape index (κ3) is 4.93. The molecule has 1 aromatic heterocycles. The number of aryl methyl sites for hydroxylation is 1. The molecular weight excluding hydrogens is 400 g/mol. The molecule has 0 spiro atoms. The molecule has 0 aliphatic carbocycles. The number of carbonyl (C=O) groups is 2. The number of benzene rings is 2. The molecule has 5 nitrogen and oxygen atoms in total. The minimum Gasteiger partial charge on any atom is -0.472 e. The third-order valence-corrected chi connectivity index (χ3v) is 6.39. The van der Waals surface area contributed by atoms with Crippen LogP contribution in [-0.4, -0.2) is 29.8 Å². The summed E-state index contributed by atoms with van der Waals surface area (Å²) in [5.41, 5.74) is 4.03. The summed E-state index contributed by atoms with van der Waals surface area (Å²) in [4.78, 5) is 28.1. The molecule has 3 aromatic rings. The van der Waals surface area contributed by atoms with Gasteiger partial charge in [0.15, 0.2) is 0 Å². The molecule has 2 amide bonds. The van der Waals surface area contributed by atoms with E-state index in [2.05, 4.69) is 36.5 Å². The lowest BCUT2D eigenvalue weighted by atomic mass is 9.83. The molecule has 166 valence electrons. The van der Waals surface area contributed by atoms with Crippen molar-refractivity contribution in [3.05, 3.63) is 95.4 Å². The monoisotopic (exact) mass is 430 g/mol. The standard InChI is InChI=1S/C27H30N2O3/c1-3-20-9-11-22(12-10-20)24-15-25(17-29(16-24)27(31)23-13-14-32-18-23)26(30)28-19(2)21-7-5-4-6-8-21/h4-14,18-19,24-25H,3,15-17H2,1-2H3,(H,28,30). The number of hydrogen-bond donors (Lipinski definition) is 1. The summed E-state index contributed by atoms with van der Waals surface area (Å²) in [6.45, 7) is 5.12. The molecule has 1 fully saturated rings. The molecule has 32 heavy (non-hydrogen) atoms. The van der Waals surface area contributed by atoms with Crippen LogP contribution in [0, 0.1) is 5.92 Å². The molecule has 4 rings (SSSR count). The van der Waals surface area contributed by atoms with Crippen LogP contribution >= 0.6 is 0 Å². The molecule has 2 heterocycles. The molecule has 3 atom stereocenters. The number of nitrogens with zero attached hydrogens (tertiary/aromatic N) is 1. The Morgan fingerprint density at radius 1 is 1.06 bits per heavy atom. The first kappa shape index (κ1) is 21.9. The maximum Gasteiger partial charge on any atom is 0.257 e. The Balaban J connectivity index is 1.54. The summed E-state index contributed by atoms with van der Waals surface area (Å²) in [5, 5.41) is 3.15. The van der Waals surface area contributed by atoms with Gasteiger partial charge in [-0.25, -0.2) is 0 Å². The van der Waals surface area contributed by atoms with Crippen LogP contribution in [-0.2, 0) is 11.2 Å². The Morgan fingerprint density at radius 2 is 1.81 bits per heavy atom. The molecule has 1 aliphatic heterocycles. The van der Waals surface area contributed by atoms with Gasteiger partial charge in [-0.3, -0.25) is 9.59 Å². The van der Waals surface area contributed by atoms with Crippen molar-refractivity contribution in [1.29, 1.82) is 0 Å². The fraction of sp³-hybridized carbons (Fsp3) is 0.333. The van der Waals surface area contributed by atoms with E-state index in [1.807, 2.05) is 37.3 Å². The Morgan fingerprint density at radius 3 is 2.47 bits per heavy atom. The minimum absolute atomic E-state index is 0.0128. The number of hydrogen-bond acceptors (Lipinski definition) is 3. The number of carbonyl (C=O) groups excluding carboxylic acids is 2. The summed E-state index contributed by atoms with van der Waals surface area (Å²) >= 11 is 0. The summed E-state index contributed by atoms with van der Waals surface area (Å²) in [6, 6.07) is 20.1. The van der Waals surface area contributed by atoms with Crippen LogP contribution in [0.3, 0.4) is 0 Å². The summed E-state index contributed by atoms with van der Waals surface area (Å²) in [7, 11) is 0. The van der Waals surface area contributed by atoms with E-state index < -0.39 is 0 Å². The second-order valence-corrected chi connectivity index (χ2v) is 8.59. The zero-order valence-electron chi connectivity index (χ0n) is 18.7. The van der Waals surface area contributed by atoms with Crippen molar-refractivity contribution in [1.82, 2.24) is 10.2 Å². The van der Waals surface area contributed by atoms with Gasteiger partial charge >= 0.3 is 0 Å². The number of amides is 2. The molecule has 2 aromatic carbocycles. The first-order valence-corrected chi connectivity index (χ1v) is 11.3. The maximum atomic E-state index is 13.2. The van der Waals surface area contributed by atoms with Crippen LogP contribution in [0.25, 0.3) is 0 Å². The summed E-state index contributed by atoms with van der Waals surface area (Å²) in [6.07, 6.45) is 4.67. The van der Waals surface area contributed by atoms with E-state index in [0.717, 1.165) is 12.0 Å². The van der Waals surface area contributed by atoms with Gasteiger partial charge in [-0.05, 0) is 42.5 Å². The van der Waals surface area contributed by atoms with Gasteiger partial charge in [0.2, 0.25) is 5.91 Å². The Bertz CT molecular complexity index is 1030. The van der Waals surface area contributed by atoms with Gasteiger partial charge in [-0.2, -0.15) is 0 Å². The number of nitrogens with one attached hydrogen (secondary N) is 1. The second kappa shape index (κ2) is 9.86. The van der Waals surface area contributed by atoms with Crippen molar-refractivity contribution < 1.29 is 14.0 Å². The highest BCUT2D eigenvalue weighted by Gasteiger charge is 2.35. The number of furan rings is 1. The van der Waals surface area contributed by atoms with Crippen LogP contribution in [0.1, 0.15) is 59.3 Å². The normalized spacial score (nSPS) is 19.4. The minimum atomic E-state index is -0.276. The smallest absolute Gasteiger partial charge is 0.257 e. The van der Waals surface area contributed by atoms with E-state index in [9.17, 15) is 9.59 Å². The highest BCUT2D eigenvalue weighted by Crippen LogP contribution is 2.32. The average Bonchev–Trinajstić information content (AvgIpc) is 3.39. The van der Waals surface area contributed by atoms with E-state index >= 15 is 0 Å². The van der Waals surface area contributed by atoms with Crippen molar-refractivity contribution in [3.8, 4) is 0 Å². The van der Waals surface area contributed by atoms with Gasteiger partial charge in [0.1, 0.15) is 6.26 Å². The number of rotatable bonds is 6. The zero-order chi connectivity index (χ0) is 22.5. The van der Waals surface area contributed by atoms with Gasteiger partial charge in [0.05, 0.1) is 23.8 Å². The predicted molar refractivity (Wildman–Crippen MR) is 124 cm³/mol. The second-order valence-electron chi connectivity index (χ2n) is 8.59. The fourth-order valence-electron chi connectivity index (χ4n) is 4.45. The van der Waals surface area contributed by atoms with Crippen LogP contribution in [0.15, 0.2) is 77.6 Å². The van der Waals surface area contributed by atoms with Crippen LogP contribution in [0.4, 0.5) is 0 Å². The molecule has 0 saturated carbocycles. The molecule has 0 bridgehead atoms. The van der Waals surface area contributed by atoms with Crippen molar-refractivity contribution in [3.63, 3.8) is 0 Å². The quantitative estimate of drug-likeness (QED) is 0.601. The fourth-order valence-corrected chi connectivity index (χ4v) is 4.45. The van der Waals surface area contributed by atoms with Gasteiger partial charge in [0, 0.05) is 19.0 Å². The van der Waals surface area contributed by atoms with Crippen LogP contribution in [0.2, 0.25) is 0 Å². The van der Waals surface area contributed by atoms with Crippen LogP contribution < -0.4 is 5.32 Å². The molecule has 5 heteroatoms. The van der Waals surface area contributed by atoms with E-state index in [1.165, 1.54) is 23.7 Å². The first-order chi connectivity index (χ1) is 15.5. The average molecular weight is 431 g/mol. The molecule has 0 radical (unpaired) electrons. The molecular formula is C27H30N2O3. The molecule has 3 unspecified atom stereocenters. The first-order valence-electron chi connectivity index (χ1n) is 11.3. The predicted octanol–water partition coefficient (Wildman–Crippen LogP) is 4.97. The van der Waals surface area contributed by atoms with Crippen molar-refractivity contribution in [2.45, 2.75) is 38.6 Å². The summed E-state index contributed by atoms with van der Waals surface area (Å²) in [5.74, 6) is -0.279. The van der Waals surface area contributed by atoms with Crippen molar-refractivity contribution in [2.75, 3.05) is 13.1 Å². The molecule has 1 aliphatic rings. The highest BCUT2D eigenvalue weighted by molar-refractivity contribution is 5.94. The topological polar surface area (TPSA) is 62.6 Å². The SMILES string of the molecule is CCc1ccc(C2CC(C(=O)NC(C)c3ccccc3)CN(C(=O)c3ccoc3)C2)cc1. The zero-order valence-corrected chi connectivity index (χ0v) is 18.7. The van der Waals surface area contributed by atoms with Gasteiger partial charge in [-0.1, -0.05) is 61.5 Å². The van der Waals surface area contributed by atoms with Crippen LogP contribution in [0.5, 0.6) is 0 Å². The van der Waals surface area contributed by atoms with Crippen molar-refractivity contribution >= 4 is 11.8 Å². The Hall–Kier alpha value is -3.34. The lowest BCUT2D eigenvalue weighted by molar-refractivity contribution is -0.127. The third-order valence-electron chi connectivity index (χ3n) is 6.39. The lowest BCUT2D eigenvalue weighted by Gasteiger charge is -2.37.